The Bertz CT molecular complexity index is 830. The van der Waals surface area contributed by atoms with Crippen molar-refractivity contribution < 1.29 is 28.5 Å². The summed E-state index contributed by atoms with van der Waals surface area (Å²) in [6.07, 6.45) is 2.16. The van der Waals surface area contributed by atoms with Gasteiger partial charge in [-0.15, -0.1) is 0 Å². The fourth-order valence-electron chi connectivity index (χ4n) is 1.79. The molecule has 0 aliphatic rings. The molecule has 0 aliphatic carbocycles. The second-order valence-corrected chi connectivity index (χ2v) is 5.70. The van der Waals surface area contributed by atoms with Crippen LogP contribution in [0, 0.1) is 0 Å². The van der Waals surface area contributed by atoms with Crippen molar-refractivity contribution in [2.75, 3.05) is 0 Å². The summed E-state index contributed by atoms with van der Waals surface area (Å²) in [5.74, 6) is -0.473. The summed E-state index contributed by atoms with van der Waals surface area (Å²) in [7, 11) is 0. The molecule has 2 aromatic rings. The fraction of sp³-hybridized carbons (Fsp3) is 0.111. The van der Waals surface area contributed by atoms with Gasteiger partial charge in [0.25, 0.3) is 0 Å². The van der Waals surface area contributed by atoms with Crippen LogP contribution in [0.25, 0.3) is 0 Å². The van der Waals surface area contributed by atoms with E-state index in [4.69, 9.17) is 37.4 Å². The largest absolute Gasteiger partial charge is 0.458 e. The number of carbonyl (C=O) groups excluding carboxylic acids is 2. The summed E-state index contributed by atoms with van der Waals surface area (Å²) in [5, 5.41) is 0.740. The van der Waals surface area contributed by atoms with Gasteiger partial charge in [0.2, 0.25) is 5.75 Å². The number of hydrogen-bond acceptors (Lipinski definition) is 6. The molecule has 0 aromatic heterocycles. The lowest BCUT2D eigenvalue weighted by Gasteiger charge is -2.15. The topological polar surface area (TPSA) is 71.1 Å². The zero-order valence-corrected chi connectivity index (χ0v) is 15.3. The van der Waals surface area contributed by atoms with Crippen LogP contribution in [0.2, 0.25) is 10.0 Å². The highest BCUT2D eigenvalue weighted by Crippen LogP contribution is 2.45. The first-order valence-electron chi connectivity index (χ1n) is 7.30. The molecule has 0 N–H and O–H groups in total. The average molecular weight is 397 g/mol. The van der Waals surface area contributed by atoms with E-state index in [9.17, 15) is 9.59 Å². The second kappa shape index (κ2) is 9.12. The highest BCUT2D eigenvalue weighted by molar-refractivity contribution is 6.32. The molecular weight excluding hydrogens is 383 g/mol. The van der Waals surface area contributed by atoms with Crippen LogP contribution in [0.5, 0.6) is 23.0 Å². The number of carbonyl (C=O) groups is 2. The van der Waals surface area contributed by atoms with Crippen LogP contribution in [0.1, 0.15) is 13.8 Å². The van der Waals surface area contributed by atoms with E-state index in [1.807, 2.05) is 0 Å². The Morgan fingerprint density at radius 1 is 0.885 bits per heavy atom. The normalized spacial score (nSPS) is 10.5. The molecule has 2 rings (SSSR count). The molecule has 0 aliphatic heterocycles. The van der Waals surface area contributed by atoms with E-state index in [1.54, 1.807) is 24.3 Å². The van der Waals surface area contributed by atoms with Crippen LogP contribution in [0.3, 0.4) is 0 Å². The Labute approximate surface area is 159 Å². The third kappa shape index (κ3) is 5.68. The van der Waals surface area contributed by atoms with E-state index in [0.717, 1.165) is 12.5 Å². The highest BCUT2D eigenvalue weighted by Gasteiger charge is 2.19. The van der Waals surface area contributed by atoms with E-state index in [0.29, 0.717) is 10.8 Å². The predicted molar refractivity (Wildman–Crippen MR) is 95.8 cm³/mol. The van der Waals surface area contributed by atoms with E-state index < -0.39 is 11.9 Å². The van der Waals surface area contributed by atoms with Gasteiger partial charge in [0.05, 0.1) is 5.02 Å². The molecule has 0 saturated heterocycles. The van der Waals surface area contributed by atoms with Crippen LogP contribution in [0.4, 0.5) is 0 Å². The van der Waals surface area contributed by atoms with E-state index in [1.165, 1.54) is 26.0 Å². The van der Waals surface area contributed by atoms with Crippen LogP contribution < -0.4 is 14.2 Å². The molecule has 0 fully saturated rings. The summed E-state index contributed by atoms with van der Waals surface area (Å²) in [6.45, 7) is 2.47. The van der Waals surface area contributed by atoms with E-state index in [-0.39, 0.29) is 22.3 Å². The molecule has 136 valence electrons. The van der Waals surface area contributed by atoms with Crippen molar-refractivity contribution >= 4 is 35.1 Å². The van der Waals surface area contributed by atoms with Crippen LogP contribution in [-0.2, 0) is 14.3 Å². The van der Waals surface area contributed by atoms with Crippen molar-refractivity contribution in [3.63, 3.8) is 0 Å². The number of benzene rings is 2. The maximum atomic E-state index is 11.5. The third-order valence-electron chi connectivity index (χ3n) is 2.79. The summed E-state index contributed by atoms with van der Waals surface area (Å²) in [5.41, 5.74) is 0. The standard InChI is InChI=1S/C18H14Cl2O6/c1-11(21)23-9-10-24-16-8-7-15(20)17(18(16)25-12(2)22)26-14-5-3-13(19)4-6-14/h3-10H,1-2H3. The van der Waals surface area contributed by atoms with Gasteiger partial charge in [0, 0.05) is 18.9 Å². The molecule has 2 aromatic carbocycles. The summed E-state index contributed by atoms with van der Waals surface area (Å²) in [4.78, 5) is 22.2. The highest BCUT2D eigenvalue weighted by atomic mass is 35.5. The molecule has 8 heteroatoms. The second-order valence-electron chi connectivity index (χ2n) is 4.85. The zero-order valence-electron chi connectivity index (χ0n) is 13.8. The smallest absolute Gasteiger partial charge is 0.308 e. The van der Waals surface area contributed by atoms with E-state index in [2.05, 4.69) is 4.74 Å². The summed E-state index contributed by atoms with van der Waals surface area (Å²) < 4.78 is 20.9. The molecular formula is C18H14Cl2O6. The number of hydrogen-bond donors (Lipinski definition) is 0. The predicted octanol–water partition coefficient (Wildman–Crippen LogP) is 5.12. The minimum Gasteiger partial charge on any atom is -0.458 e. The summed E-state index contributed by atoms with van der Waals surface area (Å²) >= 11 is 12.0. The Morgan fingerprint density at radius 3 is 2.19 bits per heavy atom. The molecule has 0 bridgehead atoms. The Kier molecular flexibility index (Phi) is 6.89. The molecule has 0 atom stereocenters. The van der Waals surface area contributed by atoms with Gasteiger partial charge in [0.1, 0.15) is 18.3 Å². The van der Waals surface area contributed by atoms with Crippen LogP contribution >= 0.6 is 23.2 Å². The van der Waals surface area contributed by atoms with Crippen molar-refractivity contribution in [2.24, 2.45) is 0 Å². The molecule has 0 saturated carbocycles. The maximum Gasteiger partial charge on any atom is 0.308 e. The first-order valence-corrected chi connectivity index (χ1v) is 8.05. The number of esters is 2. The number of ether oxygens (including phenoxy) is 4. The third-order valence-corrected chi connectivity index (χ3v) is 3.34. The average Bonchev–Trinajstić information content (AvgIpc) is 2.57. The Morgan fingerprint density at radius 2 is 1.58 bits per heavy atom. The monoisotopic (exact) mass is 396 g/mol. The minimum atomic E-state index is -0.595. The van der Waals surface area contributed by atoms with Crippen molar-refractivity contribution in [2.45, 2.75) is 13.8 Å². The van der Waals surface area contributed by atoms with Crippen molar-refractivity contribution in [3.8, 4) is 23.0 Å². The van der Waals surface area contributed by atoms with Crippen molar-refractivity contribution in [1.29, 1.82) is 0 Å². The lowest BCUT2D eigenvalue weighted by molar-refractivity contribution is -0.135. The Hall–Kier alpha value is -2.70. The molecule has 0 unspecified atom stereocenters. The lowest BCUT2D eigenvalue weighted by atomic mass is 10.3. The first-order chi connectivity index (χ1) is 12.4. The van der Waals surface area contributed by atoms with Crippen LogP contribution in [-0.4, -0.2) is 11.9 Å². The van der Waals surface area contributed by atoms with Gasteiger partial charge < -0.3 is 18.9 Å². The quantitative estimate of drug-likeness (QED) is 0.383. The van der Waals surface area contributed by atoms with Gasteiger partial charge in [0.15, 0.2) is 11.5 Å². The van der Waals surface area contributed by atoms with Crippen molar-refractivity contribution in [1.82, 2.24) is 0 Å². The maximum absolute atomic E-state index is 11.5. The zero-order chi connectivity index (χ0) is 19.1. The Balaban J connectivity index is 2.36. The first kappa shape index (κ1) is 19.6. The number of rotatable bonds is 6. The van der Waals surface area contributed by atoms with E-state index >= 15 is 0 Å². The van der Waals surface area contributed by atoms with Gasteiger partial charge in [-0.3, -0.25) is 9.59 Å². The molecule has 0 spiro atoms. The van der Waals surface area contributed by atoms with Gasteiger partial charge in [-0.05, 0) is 36.4 Å². The SMILES string of the molecule is CC(=O)OC=COc1ccc(Cl)c(Oc2ccc(Cl)cc2)c1OC(C)=O. The van der Waals surface area contributed by atoms with Gasteiger partial charge in [-0.1, -0.05) is 23.2 Å². The number of halogens is 2. The molecule has 0 amide bonds. The molecule has 0 heterocycles. The molecule has 26 heavy (non-hydrogen) atoms. The molecule has 6 nitrogen and oxygen atoms in total. The summed E-state index contributed by atoms with van der Waals surface area (Å²) in [6, 6.07) is 9.52. The fourth-order valence-corrected chi connectivity index (χ4v) is 2.11. The van der Waals surface area contributed by atoms with Crippen LogP contribution in [0.15, 0.2) is 48.9 Å². The lowest BCUT2D eigenvalue weighted by Crippen LogP contribution is -2.05. The van der Waals surface area contributed by atoms with Gasteiger partial charge >= 0.3 is 11.9 Å². The molecule has 0 radical (unpaired) electrons. The minimum absolute atomic E-state index is 0.0209. The van der Waals surface area contributed by atoms with Gasteiger partial charge in [-0.2, -0.15) is 0 Å². The van der Waals surface area contributed by atoms with Crippen molar-refractivity contribution in [3.05, 3.63) is 59.0 Å². The van der Waals surface area contributed by atoms with Gasteiger partial charge in [-0.25, -0.2) is 0 Å².